The van der Waals surface area contributed by atoms with Crippen molar-refractivity contribution < 1.29 is 18.8 Å². The lowest BCUT2D eigenvalue weighted by Gasteiger charge is -2.41. The minimum atomic E-state index is -0.194. The Labute approximate surface area is 228 Å². The summed E-state index contributed by atoms with van der Waals surface area (Å²) in [6.07, 6.45) is 10.8. The molecule has 6 heteroatoms. The number of ether oxygens (including phenoxy) is 1. The number of quaternary nitrogens is 1. The van der Waals surface area contributed by atoms with Crippen LogP contribution in [0, 0.1) is 6.92 Å². The van der Waals surface area contributed by atoms with Gasteiger partial charge in [-0.3, -0.25) is 4.79 Å². The normalized spacial score (nSPS) is 19.8. The lowest BCUT2D eigenvalue weighted by atomic mass is 9.97. The molecule has 2 N–H and O–H groups in total. The molecule has 39 heavy (non-hydrogen) atoms. The number of aryl methyl sites for hydroxylation is 1. The van der Waals surface area contributed by atoms with Gasteiger partial charge < -0.3 is 15.4 Å². The maximum absolute atomic E-state index is 14.4. The molecule has 1 atom stereocenters. The average Bonchev–Trinajstić information content (AvgIpc) is 3.15. The molecule has 6 rings (SSSR count). The number of carbonyl (C=O) groups excluding carboxylic acids is 2. The van der Waals surface area contributed by atoms with Crippen LogP contribution in [0.25, 0.3) is 11.1 Å². The predicted molar refractivity (Wildman–Crippen MR) is 152 cm³/mol. The van der Waals surface area contributed by atoms with Crippen molar-refractivity contribution in [3.05, 3.63) is 137 Å². The first kappa shape index (κ1) is 24.8. The number of morpholine rings is 1. The summed E-state index contributed by atoms with van der Waals surface area (Å²) < 4.78 is 5.88. The van der Waals surface area contributed by atoms with Gasteiger partial charge in [0.1, 0.15) is 13.2 Å². The second-order valence-electron chi connectivity index (χ2n) is 9.94. The van der Waals surface area contributed by atoms with Crippen molar-refractivity contribution in [2.75, 3.05) is 25.1 Å². The van der Waals surface area contributed by atoms with E-state index in [0.29, 0.717) is 36.6 Å². The standard InChI is InChI=1S/C33H29N3O3/c1-23-19-26(35-32(37)30-13-7-6-12-29(30)24-9-3-2-4-10-24)15-16-28(23)33(38)36-17-18-39-22-27(36)21-34-20-25-11-5-8-14-31(25)36/h2-10,12-16,19-21,34H,11,17-18,22H2,1H3/p+1. The van der Waals surface area contributed by atoms with E-state index in [1.54, 1.807) is 0 Å². The second kappa shape index (κ2) is 10.3. The molecule has 1 unspecified atom stereocenters. The fourth-order valence-electron chi connectivity index (χ4n) is 5.65. The Hall–Kier alpha value is -4.52. The average molecular weight is 517 g/mol. The molecule has 2 aliphatic heterocycles. The van der Waals surface area contributed by atoms with Gasteiger partial charge in [0.05, 0.1) is 18.4 Å². The highest BCUT2D eigenvalue weighted by Gasteiger charge is 2.50. The molecule has 0 bridgehead atoms. The molecule has 3 aromatic carbocycles. The van der Waals surface area contributed by atoms with Gasteiger partial charge in [-0.1, -0.05) is 60.7 Å². The quantitative estimate of drug-likeness (QED) is 0.413. The molecule has 1 saturated heterocycles. The van der Waals surface area contributed by atoms with Crippen molar-refractivity contribution in [1.82, 2.24) is 5.32 Å². The maximum atomic E-state index is 14.4. The highest BCUT2D eigenvalue weighted by molar-refractivity contribution is 6.09. The Morgan fingerprint density at radius 2 is 1.77 bits per heavy atom. The first-order valence-corrected chi connectivity index (χ1v) is 13.2. The van der Waals surface area contributed by atoms with E-state index >= 15 is 0 Å². The fraction of sp³-hybridized carbons (Fsp3) is 0.152. The molecule has 0 saturated carbocycles. The third-order valence-corrected chi connectivity index (χ3v) is 7.60. The zero-order chi connectivity index (χ0) is 26.8. The summed E-state index contributed by atoms with van der Waals surface area (Å²) in [6.45, 7) is 3.32. The van der Waals surface area contributed by atoms with Gasteiger partial charge in [-0.25, -0.2) is 4.79 Å². The Bertz CT molecular complexity index is 1580. The first-order chi connectivity index (χ1) is 19.1. The van der Waals surface area contributed by atoms with Crippen LogP contribution in [-0.4, -0.2) is 36.1 Å². The van der Waals surface area contributed by atoms with E-state index in [1.165, 1.54) is 0 Å². The zero-order valence-electron chi connectivity index (χ0n) is 21.8. The molecule has 1 aliphatic carbocycles. The van der Waals surface area contributed by atoms with Crippen LogP contribution in [0.3, 0.4) is 0 Å². The van der Waals surface area contributed by atoms with Gasteiger partial charge in [0.25, 0.3) is 5.91 Å². The molecule has 2 heterocycles. The minimum absolute atomic E-state index is 0.00509. The fourth-order valence-corrected chi connectivity index (χ4v) is 5.65. The third-order valence-electron chi connectivity index (χ3n) is 7.60. The lowest BCUT2D eigenvalue weighted by Crippen LogP contribution is -2.56. The minimum Gasteiger partial charge on any atom is -0.365 e. The van der Waals surface area contributed by atoms with E-state index in [9.17, 15) is 9.59 Å². The number of nitrogens with one attached hydrogen (secondary N) is 2. The zero-order valence-corrected chi connectivity index (χ0v) is 21.8. The van der Waals surface area contributed by atoms with Crippen LogP contribution in [0.15, 0.2) is 120 Å². The Morgan fingerprint density at radius 3 is 2.62 bits per heavy atom. The number of allylic oxidation sites excluding steroid dienone is 4. The number of fused-ring (bicyclic) bond motifs is 3. The summed E-state index contributed by atoms with van der Waals surface area (Å²) in [5, 5.41) is 6.30. The van der Waals surface area contributed by atoms with Crippen molar-refractivity contribution in [2.45, 2.75) is 13.3 Å². The summed E-state index contributed by atoms with van der Waals surface area (Å²) in [5.41, 5.74) is 7.49. The number of carbonyl (C=O) groups is 2. The number of benzene rings is 3. The van der Waals surface area contributed by atoms with E-state index in [2.05, 4.69) is 16.7 Å². The van der Waals surface area contributed by atoms with E-state index in [4.69, 9.17) is 4.74 Å². The molecular weight excluding hydrogens is 486 g/mol. The predicted octanol–water partition coefficient (Wildman–Crippen LogP) is 6.07. The van der Waals surface area contributed by atoms with Crippen LogP contribution in [0.2, 0.25) is 0 Å². The number of nitrogens with zero attached hydrogens (tertiary/aromatic N) is 1. The molecule has 3 aromatic rings. The van der Waals surface area contributed by atoms with Gasteiger partial charge in [0, 0.05) is 29.1 Å². The van der Waals surface area contributed by atoms with Gasteiger partial charge in [-0.15, -0.1) is 0 Å². The van der Waals surface area contributed by atoms with E-state index in [0.717, 1.165) is 40.1 Å². The van der Waals surface area contributed by atoms with Gasteiger partial charge in [-0.2, -0.15) is 4.48 Å². The number of hydrogen-bond donors (Lipinski definition) is 2. The van der Waals surface area contributed by atoms with Crippen LogP contribution in [-0.2, 0) is 4.74 Å². The van der Waals surface area contributed by atoms with Gasteiger partial charge in [0.15, 0.2) is 11.4 Å². The second-order valence-corrected chi connectivity index (χ2v) is 9.94. The van der Waals surface area contributed by atoms with E-state index in [1.807, 2.05) is 104 Å². The molecule has 3 aliphatic rings. The molecule has 0 radical (unpaired) electrons. The number of anilines is 1. The summed E-state index contributed by atoms with van der Waals surface area (Å²) >= 11 is 0. The molecular formula is C33H30N3O3+. The van der Waals surface area contributed by atoms with Crippen LogP contribution < -0.4 is 10.6 Å². The highest BCUT2D eigenvalue weighted by atomic mass is 16.5. The van der Waals surface area contributed by atoms with Gasteiger partial charge in [0.2, 0.25) is 0 Å². The number of amides is 2. The summed E-state index contributed by atoms with van der Waals surface area (Å²) in [4.78, 5) is 27.7. The number of rotatable bonds is 4. The summed E-state index contributed by atoms with van der Waals surface area (Å²) in [5.74, 6) is -0.189. The Kier molecular flexibility index (Phi) is 6.57. The Morgan fingerprint density at radius 1 is 0.949 bits per heavy atom. The van der Waals surface area contributed by atoms with Crippen molar-refractivity contribution >= 4 is 17.5 Å². The largest absolute Gasteiger partial charge is 0.365 e. The van der Waals surface area contributed by atoms with E-state index in [-0.39, 0.29) is 16.3 Å². The highest BCUT2D eigenvalue weighted by Crippen LogP contribution is 2.40. The first-order valence-electron chi connectivity index (χ1n) is 13.2. The van der Waals surface area contributed by atoms with Crippen LogP contribution in [0.5, 0.6) is 0 Å². The van der Waals surface area contributed by atoms with Crippen LogP contribution in [0.1, 0.15) is 32.7 Å². The van der Waals surface area contributed by atoms with Crippen LogP contribution >= 0.6 is 0 Å². The Balaban J connectivity index is 1.31. The molecule has 2 amide bonds. The molecule has 6 nitrogen and oxygen atoms in total. The molecule has 1 fully saturated rings. The third kappa shape index (κ3) is 4.44. The molecule has 194 valence electrons. The lowest BCUT2D eigenvalue weighted by molar-refractivity contribution is -0.779. The molecule has 0 spiro atoms. The molecule has 0 aromatic heterocycles. The van der Waals surface area contributed by atoms with E-state index < -0.39 is 0 Å². The summed E-state index contributed by atoms with van der Waals surface area (Å²) in [7, 11) is 0. The number of hydrogen-bond acceptors (Lipinski definition) is 4. The van der Waals surface area contributed by atoms with Gasteiger partial charge in [-0.05, 0) is 54.3 Å². The van der Waals surface area contributed by atoms with Crippen molar-refractivity contribution in [2.24, 2.45) is 0 Å². The van der Waals surface area contributed by atoms with Crippen LogP contribution in [0.4, 0.5) is 5.69 Å². The maximum Gasteiger partial charge on any atom is 0.356 e. The summed E-state index contributed by atoms with van der Waals surface area (Å²) in [6, 6.07) is 23.0. The smallest absolute Gasteiger partial charge is 0.356 e. The monoisotopic (exact) mass is 516 g/mol. The van der Waals surface area contributed by atoms with Crippen molar-refractivity contribution in [3.8, 4) is 11.1 Å². The van der Waals surface area contributed by atoms with Crippen molar-refractivity contribution in [1.29, 1.82) is 0 Å². The topological polar surface area (TPSA) is 67.4 Å². The van der Waals surface area contributed by atoms with Gasteiger partial charge >= 0.3 is 5.91 Å². The van der Waals surface area contributed by atoms with Crippen molar-refractivity contribution in [3.63, 3.8) is 0 Å². The SMILES string of the molecule is Cc1cc(NC(=O)c2ccccc2-c2ccccc2)ccc1C(=O)[N+]12CCOCC1=CNC=C1CC=CC=C12.